The maximum atomic E-state index is 13.2. The molecule has 4 rings (SSSR count). The lowest BCUT2D eigenvalue weighted by atomic mass is 9.95. The van der Waals surface area contributed by atoms with E-state index in [1.807, 2.05) is 13.8 Å². The summed E-state index contributed by atoms with van der Waals surface area (Å²) in [6.45, 7) is 5.61. The Kier molecular flexibility index (Phi) is 4.90. The first kappa shape index (κ1) is 19.8. The Bertz CT molecular complexity index is 1160. The standard InChI is InChI=1S/C21H19N3O5S/c1-10(2)19-22-23-21(30-19)24-16(12-5-7-13(25)8-6-12)15(18(27)20(24)28)17(26)14-9-4-11(3)29-14/h4-10,16,25,27H,1-3H3. The molecule has 1 amide bonds. The first-order valence-electron chi connectivity index (χ1n) is 9.28. The van der Waals surface area contributed by atoms with Crippen molar-refractivity contribution < 1.29 is 24.2 Å². The molecule has 0 bridgehead atoms. The Balaban J connectivity index is 1.85. The van der Waals surface area contributed by atoms with Gasteiger partial charge in [0.25, 0.3) is 5.91 Å². The molecule has 0 spiro atoms. The normalized spacial score (nSPS) is 16.7. The van der Waals surface area contributed by atoms with Crippen LogP contribution in [-0.4, -0.2) is 32.1 Å². The van der Waals surface area contributed by atoms with Crippen LogP contribution in [-0.2, 0) is 4.79 Å². The number of anilines is 1. The Hall–Kier alpha value is -3.46. The van der Waals surface area contributed by atoms with E-state index in [0.717, 1.165) is 5.01 Å². The van der Waals surface area contributed by atoms with Crippen molar-refractivity contribution in [1.29, 1.82) is 0 Å². The minimum atomic E-state index is -0.941. The van der Waals surface area contributed by atoms with Crippen LogP contribution in [0.15, 0.2) is 52.1 Å². The highest BCUT2D eigenvalue weighted by molar-refractivity contribution is 7.15. The van der Waals surface area contributed by atoms with Gasteiger partial charge in [-0.2, -0.15) is 0 Å². The van der Waals surface area contributed by atoms with Crippen LogP contribution in [0.4, 0.5) is 5.13 Å². The van der Waals surface area contributed by atoms with E-state index in [0.29, 0.717) is 11.3 Å². The molecule has 3 heterocycles. The summed E-state index contributed by atoms with van der Waals surface area (Å²) in [5.41, 5.74) is 0.416. The SMILES string of the molecule is Cc1ccc(C(=O)C2=C(O)C(=O)N(c3nnc(C(C)C)s3)C2c2ccc(O)cc2)o1. The van der Waals surface area contributed by atoms with E-state index in [4.69, 9.17) is 4.42 Å². The second kappa shape index (κ2) is 7.42. The summed E-state index contributed by atoms with van der Waals surface area (Å²) in [6, 6.07) is 8.27. The maximum Gasteiger partial charge on any atom is 0.296 e. The van der Waals surface area contributed by atoms with Crippen LogP contribution in [0, 0.1) is 6.92 Å². The third-order valence-electron chi connectivity index (χ3n) is 4.76. The van der Waals surface area contributed by atoms with Gasteiger partial charge in [0, 0.05) is 5.92 Å². The van der Waals surface area contributed by atoms with Gasteiger partial charge in [0.2, 0.25) is 10.9 Å². The van der Waals surface area contributed by atoms with E-state index in [1.54, 1.807) is 25.1 Å². The molecular formula is C21H19N3O5S. The third kappa shape index (κ3) is 3.26. The second-order valence-corrected chi connectivity index (χ2v) is 8.24. The van der Waals surface area contributed by atoms with Gasteiger partial charge in [-0.15, -0.1) is 10.2 Å². The summed E-state index contributed by atoms with van der Waals surface area (Å²) in [7, 11) is 0. The number of aromatic hydroxyl groups is 1. The van der Waals surface area contributed by atoms with Gasteiger partial charge in [-0.25, -0.2) is 0 Å². The van der Waals surface area contributed by atoms with Crippen molar-refractivity contribution >= 4 is 28.2 Å². The van der Waals surface area contributed by atoms with Crippen LogP contribution in [0.3, 0.4) is 0 Å². The highest BCUT2D eigenvalue weighted by Gasteiger charge is 2.46. The van der Waals surface area contributed by atoms with Crippen molar-refractivity contribution in [3.8, 4) is 5.75 Å². The molecular weight excluding hydrogens is 406 g/mol. The fourth-order valence-corrected chi connectivity index (χ4v) is 4.13. The average Bonchev–Trinajstić information content (AvgIpc) is 3.41. The number of hydrogen-bond donors (Lipinski definition) is 2. The van der Waals surface area contributed by atoms with Crippen LogP contribution < -0.4 is 4.90 Å². The number of phenolic OH excluding ortho intramolecular Hbond substituents is 1. The van der Waals surface area contributed by atoms with E-state index in [1.165, 1.54) is 34.4 Å². The molecule has 0 radical (unpaired) electrons. The zero-order valence-corrected chi connectivity index (χ0v) is 17.3. The molecule has 1 aliphatic rings. The number of aliphatic hydroxyl groups is 1. The molecule has 0 aliphatic carbocycles. The summed E-state index contributed by atoms with van der Waals surface area (Å²) in [6.07, 6.45) is 0. The van der Waals surface area contributed by atoms with Crippen molar-refractivity contribution in [2.24, 2.45) is 0 Å². The Labute approximate surface area is 176 Å². The number of Topliss-reactive ketones (excluding diaryl/α,β-unsaturated/α-hetero) is 1. The number of aromatic nitrogens is 2. The highest BCUT2D eigenvalue weighted by atomic mass is 32.1. The number of phenols is 1. The van der Waals surface area contributed by atoms with Gasteiger partial charge in [-0.3, -0.25) is 14.5 Å². The number of carbonyl (C=O) groups is 2. The number of furan rings is 1. The topological polar surface area (TPSA) is 117 Å². The predicted molar refractivity (Wildman–Crippen MR) is 110 cm³/mol. The lowest BCUT2D eigenvalue weighted by molar-refractivity contribution is -0.117. The lowest BCUT2D eigenvalue weighted by Crippen LogP contribution is -2.31. The Morgan fingerprint density at radius 2 is 1.83 bits per heavy atom. The smallest absolute Gasteiger partial charge is 0.296 e. The van der Waals surface area contributed by atoms with Crippen molar-refractivity contribution in [3.05, 3.63) is 69.8 Å². The fraction of sp³-hybridized carbons (Fsp3) is 0.238. The zero-order valence-electron chi connectivity index (χ0n) is 16.5. The highest BCUT2D eigenvalue weighted by Crippen LogP contribution is 2.43. The number of amides is 1. The van der Waals surface area contributed by atoms with E-state index in [9.17, 15) is 19.8 Å². The van der Waals surface area contributed by atoms with Gasteiger partial charge >= 0.3 is 0 Å². The van der Waals surface area contributed by atoms with E-state index in [2.05, 4.69) is 10.2 Å². The van der Waals surface area contributed by atoms with Gasteiger partial charge in [-0.1, -0.05) is 37.3 Å². The van der Waals surface area contributed by atoms with Crippen molar-refractivity contribution in [2.45, 2.75) is 32.7 Å². The number of benzene rings is 1. The number of aliphatic hydroxyl groups excluding tert-OH is 1. The molecule has 8 nitrogen and oxygen atoms in total. The Morgan fingerprint density at radius 3 is 2.40 bits per heavy atom. The van der Waals surface area contributed by atoms with E-state index in [-0.39, 0.29) is 28.1 Å². The molecule has 3 aromatic rings. The number of hydrogen-bond acceptors (Lipinski definition) is 8. The summed E-state index contributed by atoms with van der Waals surface area (Å²) in [4.78, 5) is 27.5. The molecule has 1 aliphatic heterocycles. The van der Waals surface area contributed by atoms with Crippen LogP contribution in [0.25, 0.3) is 0 Å². The maximum absolute atomic E-state index is 13.2. The lowest BCUT2D eigenvalue weighted by Gasteiger charge is -2.23. The summed E-state index contributed by atoms with van der Waals surface area (Å²) < 4.78 is 5.43. The molecule has 1 aromatic carbocycles. The molecule has 9 heteroatoms. The van der Waals surface area contributed by atoms with Gasteiger partial charge in [0.15, 0.2) is 11.5 Å². The summed E-state index contributed by atoms with van der Waals surface area (Å²) in [5, 5.41) is 29.6. The van der Waals surface area contributed by atoms with E-state index < -0.39 is 23.5 Å². The average molecular weight is 425 g/mol. The summed E-state index contributed by atoms with van der Waals surface area (Å²) >= 11 is 1.22. The van der Waals surface area contributed by atoms with Crippen LogP contribution >= 0.6 is 11.3 Å². The quantitative estimate of drug-likeness (QED) is 0.592. The number of rotatable bonds is 5. The third-order valence-corrected chi connectivity index (χ3v) is 5.98. The van der Waals surface area contributed by atoms with Crippen LogP contribution in [0.5, 0.6) is 5.75 Å². The second-order valence-electron chi connectivity index (χ2n) is 7.25. The number of aryl methyl sites for hydroxylation is 1. The van der Waals surface area contributed by atoms with Gasteiger partial charge in [0.05, 0.1) is 11.6 Å². The molecule has 0 fully saturated rings. The van der Waals surface area contributed by atoms with Gasteiger partial charge in [-0.05, 0) is 36.8 Å². The molecule has 0 saturated carbocycles. The minimum absolute atomic E-state index is 0.0209. The number of nitrogens with zero attached hydrogens (tertiary/aromatic N) is 3. The molecule has 2 N–H and O–H groups in total. The van der Waals surface area contributed by atoms with Crippen molar-refractivity contribution in [2.75, 3.05) is 4.90 Å². The molecule has 1 unspecified atom stereocenters. The molecule has 0 saturated heterocycles. The monoisotopic (exact) mass is 425 g/mol. The van der Waals surface area contributed by atoms with Crippen molar-refractivity contribution in [3.63, 3.8) is 0 Å². The fourth-order valence-electron chi connectivity index (χ4n) is 3.25. The van der Waals surface area contributed by atoms with E-state index >= 15 is 0 Å². The molecule has 154 valence electrons. The number of carbonyl (C=O) groups excluding carboxylic acids is 2. The Morgan fingerprint density at radius 1 is 1.13 bits per heavy atom. The molecule has 2 aromatic heterocycles. The van der Waals surface area contributed by atoms with Crippen LogP contribution in [0.2, 0.25) is 0 Å². The first-order chi connectivity index (χ1) is 14.3. The van der Waals surface area contributed by atoms with Crippen molar-refractivity contribution in [1.82, 2.24) is 10.2 Å². The molecule has 30 heavy (non-hydrogen) atoms. The zero-order chi connectivity index (χ0) is 21.6. The van der Waals surface area contributed by atoms with Gasteiger partial charge < -0.3 is 14.6 Å². The van der Waals surface area contributed by atoms with Gasteiger partial charge in [0.1, 0.15) is 16.5 Å². The summed E-state index contributed by atoms with van der Waals surface area (Å²) in [5.74, 6) is -1.30. The number of ketones is 1. The minimum Gasteiger partial charge on any atom is -0.508 e. The van der Waals surface area contributed by atoms with Crippen LogP contribution in [0.1, 0.15) is 52.7 Å². The predicted octanol–water partition coefficient (Wildman–Crippen LogP) is 4.05. The first-order valence-corrected chi connectivity index (χ1v) is 10.1. The largest absolute Gasteiger partial charge is 0.508 e. The molecule has 1 atom stereocenters.